The van der Waals surface area contributed by atoms with E-state index in [1.54, 1.807) is 0 Å². The fourth-order valence-electron chi connectivity index (χ4n) is 3.52. The van der Waals surface area contributed by atoms with E-state index in [0.717, 1.165) is 18.4 Å². The molecular weight excluding hydrogens is 250 g/mol. The lowest BCUT2D eigenvalue weighted by Gasteiger charge is -2.39. The van der Waals surface area contributed by atoms with Crippen LogP contribution >= 0.6 is 0 Å². The van der Waals surface area contributed by atoms with E-state index in [4.69, 9.17) is 10.5 Å². The quantitative estimate of drug-likeness (QED) is 0.828. The molecule has 3 unspecified atom stereocenters. The summed E-state index contributed by atoms with van der Waals surface area (Å²) in [6.07, 6.45) is 3.00. The summed E-state index contributed by atoms with van der Waals surface area (Å²) < 4.78 is 5.95. The largest absolute Gasteiger partial charge is 0.398 e. The van der Waals surface area contributed by atoms with E-state index in [2.05, 4.69) is 20.8 Å². The van der Waals surface area contributed by atoms with Gasteiger partial charge in [-0.05, 0) is 36.7 Å². The average molecular weight is 277 g/mol. The molecule has 20 heavy (non-hydrogen) atoms. The Hall–Kier alpha value is -1.06. The molecule has 1 aliphatic rings. The van der Waals surface area contributed by atoms with Crippen molar-refractivity contribution in [2.75, 3.05) is 12.3 Å². The van der Waals surface area contributed by atoms with Gasteiger partial charge in [0, 0.05) is 11.3 Å². The average Bonchev–Trinajstić information content (AvgIpc) is 2.34. The summed E-state index contributed by atoms with van der Waals surface area (Å²) in [6.45, 7) is 7.19. The maximum atomic E-state index is 10.2. The van der Waals surface area contributed by atoms with Crippen LogP contribution in [0.15, 0.2) is 24.3 Å². The third-order valence-corrected chi connectivity index (χ3v) is 4.19. The molecule has 1 aromatic carbocycles. The molecule has 3 N–H and O–H groups in total. The van der Waals surface area contributed by atoms with Gasteiger partial charge in [0.2, 0.25) is 0 Å². The summed E-state index contributed by atoms with van der Waals surface area (Å²) in [4.78, 5) is 0. The van der Waals surface area contributed by atoms with Gasteiger partial charge in [0.1, 0.15) is 6.10 Å². The molecule has 1 saturated carbocycles. The zero-order chi connectivity index (χ0) is 14.8. The second-order valence-corrected chi connectivity index (χ2v) is 7.01. The highest BCUT2D eigenvalue weighted by Crippen LogP contribution is 2.40. The van der Waals surface area contributed by atoms with Crippen LogP contribution in [0.3, 0.4) is 0 Å². The van der Waals surface area contributed by atoms with Gasteiger partial charge in [-0.1, -0.05) is 39.0 Å². The summed E-state index contributed by atoms with van der Waals surface area (Å²) in [6, 6.07) is 7.43. The first-order valence-electron chi connectivity index (χ1n) is 7.51. The fraction of sp³-hybridized carbons (Fsp3) is 0.647. The number of aliphatic hydroxyl groups excluding tert-OH is 1. The normalized spacial score (nSPS) is 27.2. The van der Waals surface area contributed by atoms with E-state index in [9.17, 15) is 5.11 Å². The van der Waals surface area contributed by atoms with Crippen LogP contribution in [0.25, 0.3) is 0 Å². The number of hydrogen-bond acceptors (Lipinski definition) is 3. The molecular formula is C17H27NO2. The Balaban J connectivity index is 1.90. The summed E-state index contributed by atoms with van der Waals surface area (Å²) in [5.41, 5.74) is 7.60. The zero-order valence-electron chi connectivity index (χ0n) is 12.8. The molecule has 112 valence electrons. The molecule has 1 fully saturated rings. The number of nitrogen functional groups attached to an aromatic ring is 1. The van der Waals surface area contributed by atoms with E-state index in [-0.39, 0.29) is 6.10 Å². The Labute approximate surface area is 122 Å². The molecule has 0 spiro atoms. The maximum absolute atomic E-state index is 10.2. The number of rotatable bonds is 4. The topological polar surface area (TPSA) is 55.5 Å². The molecule has 0 bridgehead atoms. The number of anilines is 1. The van der Waals surface area contributed by atoms with Gasteiger partial charge in [0.25, 0.3) is 0 Å². The van der Waals surface area contributed by atoms with Gasteiger partial charge >= 0.3 is 0 Å². The molecule has 2 rings (SSSR count). The number of aliphatic hydroxyl groups is 1. The predicted octanol–water partition coefficient (Wildman–Crippen LogP) is 3.53. The van der Waals surface area contributed by atoms with Gasteiger partial charge in [-0.2, -0.15) is 0 Å². The van der Waals surface area contributed by atoms with E-state index in [1.807, 2.05) is 24.3 Å². The Morgan fingerprint density at radius 1 is 1.35 bits per heavy atom. The van der Waals surface area contributed by atoms with Crippen LogP contribution < -0.4 is 5.73 Å². The molecule has 3 nitrogen and oxygen atoms in total. The molecule has 1 aliphatic carbocycles. The van der Waals surface area contributed by atoms with Crippen molar-refractivity contribution in [3.63, 3.8) is 0 Å². The molecule has 0 amide bonds. The number of para-hydroxylation sites is 1. The zero-order valence-corrected chi connectivity index (χ0v) is 12.8. The Morgan fingerprint density at radius 2 is 2.05 bits per heavy atom. The van der Waals surface area contributed by atoms with E-state index >= 15 is 0 Å². The van der Waals surface area contributed by atoms with E-state index < -0.39 is 6.10 Å². The third-order valence-electron chi connectivity index (χ3n) is 4.19. The van der Waals surface area contributed by atoms with Crippen molar-refractivity contribution in [2.45, 2.75) is 52.2 Å². The first-order valence-corrected chi connectivity index (χ1v) is 7.51. The Kier molecular flexibility index (Phi) is 4.71. The van der Waals surface area contributed by atoms with Crippen LogP contribution in [-0.2, 0) is 4.74 Å². The second kappa shape index (κ2) is 6.15. The minimum absolute atomic E-state index is 0.244. The van der Waals surface area contributed by atoms with Crippen LogP contribution in [0.1, 0.15) is 51.7 Å². The van der Waals surface area contributed by atoms with Gasteiger partial charge in [0.15, 0.2) is 0 Å². The summed E-state index contributed by atoms with van der Waals surface area (Å²) in [5.74, 6) is 0.683. The lowest BCUT2D eigenvalue weighted by Crippen LogP contribution is -2.33. The maximum Gasteiger partial charge on any atom is 0.104 e. The van der Waals surface area contributed by atoms with Crippen LogP contribution in [0.5, 0.6) is 0 Å². The fourth-order valence-corrected chi connectivity index (χ4v) is 3.52. The molecule has 1 aromatic rings. The highest BCUT2D eigenvalue weighted by atomic mass is 16.5. The van der Waals surface area contributed by atoms with Crippen molar-refractivity contribution in [3.8, 4) is 0 Å². The van der Waals surface area contributed by atoms with E-state index in [0.29, 0.717) is 23.6 Å². The minimum atomic E-state index is -0.642. The summed E-state index contributed by atoms with van der Waals surface area (Å²) >= 11 is 0. The summed E-state index contributed by atoms with van der Waals surface area (Å²) in [7, 11) is 0. The molecule has 0 aliphatic heterocycles. The smallest absolute Gasteiger partial charge is 0.104 e. The van der Waals surface area contributed by atoms with E-state index in [1.165, 1.54) is 6.42 Å². The second-order valence-electron chi connectivity index (χ2n) is 7.01. The molecule has 0 saturated heterocycles. The van der Waals surface area contributed by atoms with Crippen LogP contribution in [0.4, 0.5) is 5.69 Å². The van der Waals surface area contributed by atoms with Crippen molar-refractivity contribution in [2.24, 2.45) is 11.3 Å². The number of nitrogens with two attached hydrogens (primary N) is 1. The lowest BCUT2D eigenvalue weighted by molar-refractivity contribution is -0.0563. The SMILES string of the molecule is CC1CC(OCC(O)c2ccccc2N)CC(C)(C)C1. The van der Waals surface area contributed by atoms with Gasteiger partial charge in [-0.15, -0.1) is 0 Å². The van der Waals surface area contributed by atoms with Gasteiger partial charge in [-0.25, -0.2) is 0 Å². The molecule has 0 radical (unpaired) electrons. The first-order chi connectivity index (χ1) is 9.37. The predicted molar refractivity (Wildman–Crippen MR) is 82.4 cm³/mol. The molecule has 0 aromatic heterocycles. The first kappa shape index (κ1) is 15.3. The number of benzene rings is 1. The standard InChI is InChI=1S/C17H27NO2/c1-12-8-13(10-17(2,3)9-12)20-11-16(19)14-6-4-5-7-15(14)18/h4-7,12-13,16,19H,8-11,18H2,1-3H3. The third kappa shape index (κ3) is 3.97. The monoisotopic (exact) mass is 277 g/mol. The molecule has 3 heteroatoms. The lowest BCUT2D eigenvalue weighted by atomic mass is 9.71. The van der Waals surface area contributed by atoms with Crippen molar-refractivity contribution < 1.29 is 9.84 Å². The van der Waals surface area contributed by atoms with Crippen molar-refractivity contribution in [1.82, 2.24) is 0 Å². The summed E-state index contributed by atoms with van der Waals surface area (Å²) in [5, 5.41) is 10.2. The van der Waals surface area contributed by atoms with Gasteiger partial charge in [0.05, 0.1) is 12.7 Å². The van der Waals surface area contributed by atoms with Crippen LogP contribution in [0.2, 0.25) is 0 Å². The van der Waals surface area contributed by atoms with Gasteiger partial charge < -0.3 is 15.6 Å². The molecule has 0 heterocycles. The number of ether oxygens (including phenoxy) is 1. The van der Waals surface area contributed by atoms with Gasteiger partial charge in [-0.3, -0.25) is 0 Å². The Morgan fingerprint density at radius 3 is 2.70 bits per heavy atom. The van der Waals surface area contributed by atoms with Crippen molar-refractivity contribution in [3.05, 3.63) is 29.8 Å². The highest BCUT2D eigenvalue weighted by Gasteiger charge is 2.32. The highest BCUT2D eigenvalue weighted by molar-refractivity contribution is 5.47. The number of hydrogen-bond donors (Lipinski definition) is 2. The van der Waals surface area contributed by atoms with Crippen molar-refractivity contribution >= 4 is 5.69 Å². The van der Waals surface area contributed by atoms with Crippen LogP contribution in [-0.4, -0.2) is 17.8 Å². The minimum Gasteiger partial charge on any atom is -0.398 e. The van der Waals surface area contributed by atoms with Crippen molar-refractivity contribution in [1.29, 1.82) is 0 Å². The Bertz CT molecular complexity index is 444. The molecule has 3 atom stereocenters. The van der Waals surface area contributed by atoms with Crippen LogP contribution in [0, 0.1) is 11.3 Å².